The van der Waals surface area contributed by atoms with Crippen LogP contribution in [0.4, 0.5) is 0 Å². The fourth-order valence-electron chi connectivity index (χ4n) is 4.05. The van der Waals surface area contributed by atoms with E-state index < -0.39 is 12.1 Å². The Balaban J connectivity index is 1.66. The zero-order chi connectivity index (χ0) is 26.5. The van der Waals surface area contributed by atoms with Gasteiger partial charge in [-0.1, -0.05) is 72.8 Å². The van der Waals surface area contributed by atoms with Crippen molar-refractivity contribution in [3.8, 4) is 11.5 Å². The highest BCUT2D eigenvalue weighted by atomic mass is 16.5. The Labute approximate surface area is 220 Å². The lowest BCUT2D eigenvalue weighted by atomic mass is 10.0. The Morgan fingerprint density at radius 3 is 2.22 bits per heavy atom. The van der Waals surface area contributed by atoms with Crippen LogP contribution in [0.15, 0.2) is 98.1 Å². The summed E-state index contributed by atoms with van der Waals surface area (Å²) in [6, 6.07) is 22.9. The molecule has 37 heavy (non-hydrogen) atoms. The van der Waals surface area contributed by atoms with E-state index >= 15 is 0 Å². The number of carbonyl (C=O) groups excluding carboxylic acids is 1. The van der Waals surface area contributed by atoms with E-state index in [4.69, 9.17) is 14.2 Å². The molecule has 1 N–H and O–H groups in total. The van der Waals surface area contributed by atoms with Crippen LogP contribution in [-0.4, -0.2) is 23.3 Å². The van der Waals surface area contributed by atoms with Crippen LogP contribution in [-0.2, 0) is 29.1 Å². The van der Waals surface area contributed by atoms with Gasteiger partial charge in [0.25, 0.3) is 0 Å². The molecule has 0 aliphatic rings. The second-order valence-corrected chi connectivity index (χ2v) is 8.98. The molecule has 5 nitrogen and oxygen atoms in total. The van der Waals surface area contributed by atoms with Gasteiger partial charge >= 0.3 is 5.97 Å². The molecule has 0 radical (unpaired) electrons. The summed E-state index contributed by atoms with van der Waals surface area (Å²) >= 11 is 0. The summed E-state index contributed by atoms with van der Waals surface area (Å²) in [5.41, 5.74) is 2.82. The molecule has 3 aromatic carbocycles. The minimum Gasteiger partial charge on any atom is -0.507 e. The average molecular weight is 501 g/mol. The second-order valence-electron chi connectivity index (χ2n) is 8.98. The normalized spacial score (nSPS) is 12.4. The third-order valence-electron chi connectivity index (χ3n) is 5.91. The van der Waals surface area contributed by atoms with Crippen LogP contribution < -0.4 is 4.74 Å². The number of rotatable bonds is 15. The molecule has 0 aliphatic heterocycles. The van der Waals surface area contributed by atoms with Crippen molar-refractivity contribution in [3.63, 3.8) is 0 Å². The molecule has 0 aliphatic carbocycles. The van der Waals surface area contributed by atoms with Crippen molar-refractivity contribution in [1.29, 1.82) is 0 Å². The fraction of sp³-hybridized carbons (Fsp3) is 0.281. The van der Waals surface area contributed by atoms with Crippen LogP contribution in [0.2, 0.25) is 0 Å². The van der Waals surface area contributed by atoms with E-state index in [9.17, 15) is 9.90 Å². The van der Waals surface area contributed by atoms with Gasteiger partial charge in [0.1, 0.15) is 29.8 Å². The van der Waals surface area contributed by atoms with E-state index in [1.807, 2.05) is 73.7 Å². The number of hydrogen-bond donors (Lipinski definition) is 1. The summed E-state index contributed by atoms with van der Waals surface area (Å²) in [5, 5.41) is 10.7. The minimum atomic E-state index is -0.581. The molecule has 0 unspecified atom stereocenters. The molecule has 0 saturated carbocycles. The number of phenolic OH excluding ortho intramolecular Hbond substituents is 1. The van der Waals surface area contributed by atoms with Crippen LogP contribution in [0.25, 0.3) is 0 Å². The summed E-state index contributed by atoms with van der Waals surface area (Å²) in [6.45, 7) is 10.3. The molecule has 3 aromatic rings. The van der Waals surface area contributed by atoms with Crippen LogP contribution >= 0.6 is 0 Å². The van der Waals surface area contributed by atoms with Gasteiger partial charge in [-0.15, -0.1) is 13.2 Å². The largest absolute Gasteiger partial charge is 0.507 e. The first-order valence-electron chi connectivity index (χ1n) is 12.6. The molecule has 194 valence electrons. The monoisotopic (exact) mass is 500 g/mol. The molecule has 0 saturated heterocycles. The van der Waals surface area contributed by atoms with Crippen molar-refractivity contribution in [2.24, 2.45) is 0 Å². The molecule has 0 aromatic heterocycles. The quantitative estimate of drug-likeness (QED) is 0.177. The van der Waals surface area contributed by atoms with Gasteiger partial charge in [-0.3, -0.25) is 0 Å². The summed E-state index contributed by atoms with van der Waals surface area (Å²) in [5.74, 6) is -0.285. The van der Waals surface area contributed by atoms with Crippen molar-refractivity contribution in [2.45, 2.75) is 58.0 Å². The first kappa shape index (κ1) is 27.8. The predicted octanol–water partition coefficient (Wildman–Crippen LogP) is 7.19. The molecule has 5 heteroatoms. The molecule has 0 heterocycles. The number of hydrogen-bond acceptors (Lipinski definition) is 5. The van der Waals surface area contributed by atoms with E-state index in [0.29, 0.717) is 37.4 Å². The summed E-state index contributed by atoms with van der Waals surface area (Å²) in [4.78, 5) is 13.1. The maximum Gasteiger partial charge on any atom is 0.342 e. The molecule has 2 atom stereocenters. The van der Waals surface area contributed by atoms with Gasteiger partial charge in [-0.25, -0.2) is 4.79 Å². The lowest BCUT2D eigenvalue weighted by Crippen LogP contribution is -2.24. The van der Waals surface area contributed by atoms with Crippen LogP contribution in [0.3, 0.4) is 0 Å². The minimum absolute atomic E-state index is 0.101. The van der Waals surface area contributed by atoms with E-state index in [2.05, 4.69) is 13.2 Å². The highest BCUT2D eigenvalue weighted by Gasteiger charge is 2.23. The number of aromatic hydroxyl groups is 1. The number of phenols is 1. The number of carbonyl (C=O) groups is 1. The first-order valence-corrected chi connectivity index (χ1v) is 12.6. The van der Waals surface area contributed by atoms with Crippen molar-refractivity contribution in [3.05, 3.63) is 120 Å². The maximum atomic E-state index is 13.1. The van der Waals surface area contributed by atoms with Crippen molar-refractivity contribution >= 4 is 5.97 Å². The van der Waals surface area contributed by atoms with Crippen LogP contribution in [0, 0.1) is 0 Å². The highest BCUT2D eigenvalue weighted by Crippen LogP contribution is 2.30. The molecular weight excluding hydrogens is 464 g/mol. The zero-order valence-corrected chi connectivity index (χ0v) is 21.5. The number of ether oxygens (including phenoxy) is 3. The van der Waals surface area contributed by atoms with Gasteiger partial charge in [0.2, 0.25) is 0 Å². The van der Waals surface area contributed by atoms with Gasteiger partial charge in [0.15, 0.2) is 0 Å². The Morgan fingerprint density at radius 1 is 0.946 bits per heavy atom. The molecule has 0 bridgehead atoms. The van der Waals surface area contributed by atoms with Crippen LogP contribution in [0.5, 0.6) is 11.5 Å². The molecule has 0 spiro atoms. The third kappa shape index (κ3) is 8.96. The Morgan fingerprint density at radius 2 is 1.59 bits per heavy atom. The number of esters is 1. The molecule has 3 rings (SSSR count). The van der Waals surface area contributed by atoms with Gasteiger partial charge in [-0.2, -0.15) is 0 Å². The van der Waals surface area contributed by atoms with Crippen molar-refractivity contribution < 1.29 is 24.1 Å². The Hall–Kier alpha value is -3.83. The molecule has 0 amide bonds. The standard InChI is InChI=1S/C32H36O5/c1-4-6-18-28(35-22-25-14-9-7-10-15-25)19-24(3)37-32(34)31-27(13-5-2)20-29(21-30(31)33)36-23-26-16-11-8-12-17-26/h4-5,7-12,14-17,20-21,24,28,33H,1-2,6,13,18-19,22-23H2,3H3/t24-,28+/m1/s1. The average Bonchev–Trinajstić information content (AvgIpc) is 2.90. The summed E-state index contributed by atoms with van der Waals surface area (Å²) < 4.78 is 17.7. The van der Waals surface area contributed by atoms with E-state index in [1.54, 1.807) is 12.1 Å². The molecule has 0 fully saturated rings. The molecular formula is C32H36O5. The predicted molar refractivity (Wildman–Crippen MR) is 147 cm³/mol. The van der Waals surface area contributed by atoms with Gasteiger partial charge < -0.3 is 19.3 Å². The topological polar surface area (TPSA) is 65.0 Å². The number of benzene rings is 3. The first-order chi connectivity index (χ1) is 18.0. The Bertz CT molecular complexity index is 1140. The van der Waals surface area contributed by atoms with Crippen molar-refractivity contribution in [2.75, 3.05) is 0 Å². The van der Waals surface area contributed by atoms with E-state index in [1.165, 1.54) is 6.07 Å². The lowest BCUT2D eigenvalue weighted by molar-refractivity contribution is -0.0114. The fourth-order valence-corrected chi connectivity index (χ4v) is 4.05. The third-order valence-corrected chi connectivity index (χ3v) is 5.91. The highest BCUT2D eigenvalue weighted by molar-refractivity contribution is 5.94. The van der Waals surface area contributed by atoms with Crippen LogP contribution in [0.1, 0.15) is 53.2 Å². The van der Waals surface area contributed by atoms with Crippen molar-refractivity contribution in [1.82, 2.24) is 0 Å². The van der Waals surface area contributed by atoms with Gasteiger partial charge in [-0.05, 0) is 48.9 Å². The lowest BCUT2D eigenvalue weighted by Gasteiger charge is -2.22. The number of allylic oxidation sites excluding steroid dienone is 2. The SMILES string of the molecule is C=CCC[C@@H](C[C@@H](C)OC(=O)c1c(O)cc(OCc2ccccc2)cc1CC=C)OCc1ccccc1. The smallest absolute Gasteiger partial charge is 0.342 e. The second kappa shape index (κ2) is 14.7. The van der Waals surface area contributed by atoms with Gasteiger partial charge in [0.05, 0.1) is 12.7 Å². The zero-order valence-electron chi connectivity index (χ0n) is 21.5. The van der Waals surface area contributed by atoms with E-state index in [-0.39, 0.29) is 17.4 Å². The Kier molecular flexibility index (Phi) is 11.0. The summed E-state index contributed by atoms with van der Waals surface area (Å²) in [6.07, 6.45) is 5.52. The van der Waals surface area contributed by atoms with E-state index in [0.717, 1.165) is 24.0 Å². The summed E-state index contributed by atoms with van der Waals surface area (Å²) in [7, 11) is 0. The maximum absolute atomic E-state index is 13.1. The van der Waals surface area contributed by atoms with Gasteiger partial charge in [0, 0.05) is 12.5 Å².